The van der Waals surface area contributed by atoms with Gasteiger partial charge < -0.3 is 10.2 Å². The van der Waals surface area contributed by atoms with Crippen LogP contribution in [0.1, 0.15) is 23.1 Å². The molecule has 5 nitrogen and oxygen atoms in total. The van der Waals surface area contributed by atoms with Crippen molar-refractivity contribution in [2.24, 2.45) is 0 Å². The largest absolute Gasteiger partial charge is 0.341 e. The van der Waals surface area contributed by atoms with Gasteiger partial charge in [0.1, 0.15) is 0 Å². The summed E-state index contributed by atoms with van der Waals surface area (Å²) in [5, 5.41) is 3.83. The van der Waals surface area contributed by atoms with Gasteiger partial charge in [0.05, 0.1) is 11.5 Å². The average molecular weight is 390 g/mol. The van der Waals surface area contributed by atoms with Crippen molar-refractivity contribution < 1.29 is 8.42 Å². The summed E-state index contributed by atoms with van der Waals surface area (Å²) in [7, 11) is -3.00. The highest BCUT2D eigenvalue weighted by atomic mass is 32.2. The molecule has 1 aliphatic heterocycles. The molecule has 0 bridgehead atoms. The van der Waals surface area contributed by atoms with Crippen LogP contribution in [0, 0.1) is 13.8 Å². The maximum Gasteiger partial charge on any atom is 0.174 e. The first kappa shape index (κ1) is 18.8. The van der Waals surface area contributed by atoms with Crippen LogP contribution in [0.5, 0.6) is 0 Å². The minimum atomic E-state index is -3.00. The minimum absolute atomic E-state index is 0.119. The van der Waals surface area contributed by atoms with Crippen LogP contribution in [0.4, 0.5) is 5.69 Å². The third-order valence-corrected chi connectivity index (χ3v) is 6.55. The summed E-state index contributed by atoms with van der Waals surface area (Å²) < 4.78 is 23.9. The summed E-state index contributed by atoms with van der Waals surface area (Å²) in [6, 6.07) is 9.90. The Balaban J connectivity index is 1.83. The molecule has 7 heteroatoms. The van der Waals surface area contributed by atoms with Gasteiger partial charge in [-0.05, 0) is 67.4 Å². The summed E-state index contributed by atoms with van der Waals surface area (Å²) in [5.41, 5.74) is 4.22. The standard InChI is InChI=1S/C19H23N3O2S2/c1-14-8-15(2)10-17(9-14)21-19(25)22(12-16-4-3-6-20-11-16)18-5-7-26(23,24)13-18/h3-4,6,8-11,18H,5,7,12-13H2,1-2H3,(H,21,25)/t18-/m0/s1. The van der Waals surface area contributed by atoms with E-state index in [4.69, 9.17) is 12.2 Å². The van der Waals surface area contributed by atoms with Crippen molar-refractivity contribution in [3.8, 4) is 0 Å². The Bertz CT molecular complexity index is 878. The summed E-state index contributed by atoms with van der Waals surface area (Å²) in [4.78, 5) is 6.13. The van der Waals surface area contributed by atoms with Crippen molar-refractivity contribution in [1.29, 1.82) is 0 Å². The molecular weight excluding hydrogens is 366 g/mol. The van der Waals surface area contributed by atoms with Crippen LogP contribution in [0.15, 0.2) is 42.7 Å². The number of aryl methyl sites for hydroxylation is 2. The van der Waals surface area contributed by atoms with E-state index < -0.39 is 9.84 Å². The molecule has 1 N–H and O–H groups in total. The number of aromatic nitrogens is 1. The number of sulfone groups is 1. The number of rotatable bonds is 4. The number of anilines is 1. The number of nitrogens with one attached hydrogen (secondary N) is 1. The zero-order chi connectivity index (χ0) is 18.7. The highest BCUT2D eigenvalue weighted by Gasteiger charge is 2.33. The fraction of sp³-hybridized carbons (Fsp3) is 0.368. The van der Waals surface area contributed by atoms with E-state index in [0.29, 0.717) is 18.1 Å². The number of pyridine rings is 1. The van der Waals surface area contributed by atoms with Gasteiger partial charge in [-0.2, -0.15) is 0 Å². The topological polar surface area (TPSA) is 62.3 Å². The Hall–Kier alpha value is -1.99. The smallest absolute Gasteiger partial charge is 0.174 e. The van der Waals surface area contributed by atoms with Crippen molar-refractivity contribution in [3.63, 3.8) is 0 Å². The first-order chi connectivity index (χ1) is 12.3. The van der Waals surface area contributed by atoms with Gasteiger partial charge in [-0.25, -0.2) is 8.42 Å². The van der Waals surface area contributed by atoms with Gasteiger partial charge >= 0.3 is 0 Å². The lowest BCUT2D eigenvalue weighted by Gasteiger charge is -2.31. The van der Waals surface area contributed by atoms with Gasteiger partial charge in [0.15, 0.2) is 14.9 Å². The minimum Gasteiger partial charge on any atom is -0.341 e. The van der Waals surface area contributed by atoms with Crippen LogP contribution in [-0.4, -0.2) is 41.0 Å². The van der Waals surface area contributed by atoms with Crippen molar-refractivity contribution >= 4 is 32.9 Å². The average Bonchev–Trinajstić information content (AvgIpc) is 2.92. The molecule has 26 heavy (non-hydrogen) atoms. The molecule has 1 aromatic heterocycles. The molecule has 138 valence electrons. The maximum absolute atomic E-state index is 12.0. The molecule has 0 aliphatic carbocycles. The molecule has 0 unspecified atom stereocenters. The second-order valence-corrected chi connectivity index (χ2v) is 9.47. The molecule has 1 aliphatic rings. The van der Waals surface area contributed by atoms with E-state index >= 15 is 0 Å². The van der Waals surface area contributed by atoms with Gasteiger partial charge in [0.2, 0.25) is 0 Å². The molecule has 1 atom stereocenters. The molecule has 1 aromatic carbocycles. The fourth-order valence-electron chi connectivity index (χ4n) is 3.32. The van der Waals surface area contributed by atoms with Crippen LogP contribution in [0.25, 0.3) is 0 Å². The first-order valence-electron chi connectivity index (χ1n) is 8.58. The summed E-state index contributed by atoms with van der Waals surface area (Å²) in [5.74, 6) is 0.356. The van der Waals surface area contributed by atoms with Crippen LogP contribution < -0.4 is 5.32 Å². The summed E-state index contributed by atoms with van der Waals surface area (Å²) >= 11 is 5.65. The third kappa shape index (κ3) is 4.80. The molecule has 3 rings (SSSR count). The Labute approximate surface area is 160 Å². The van der Waals surface area contributed by atoms with Crippen molar-refractivity contribution in [3.05, 3.63) is 59.4 Å². The van der Waals surface area contributed by atoms with Gasteiger partial charge in [0.25, 0.3) is 0 Å². The Morgan fingerprint density at radius 3 is 2.62 bits per heavy atom. The molecular formula is C19H23N3O2S2. The quantitative estimate of drug-likeness (QED) is 0.811. The van der Waals surface area contributed by atoms with E-state index in [1.165, 1.54) is 0 Å². The predicted octanol–water partition coefficient (Wildman–Crippen LogP) is 3.08. The second-order valence-electron chi connectivity index (χ2n) is 6.85. The normalized spacial score (nSPS) is 18.5. The molecule has 0 saturated carbocycles. The summed E-state index contributed by atoms with van der Waals surface area (Å²) in [6.07, 6.45) is 4.10. The van der Waals surface area contributed by atoms with E-state index in [9.17, 15) is 8.42 Å². The molecule has 1 saturated heterocycles. The zero-order valence-electron chi connectivity index (χ0n) is 15.0. The monoisotopic (exact) mass is 389 g/mol. The first-order valence-corrected chi connectivity index (χ1v) is 10.8. The molecule has 0 radical (unpaired) electrons. The van der Waals surface area contributed by atoms with E-state index in [2.05, 4.69) is 16.4 Å². The lowest BCUT2D eigenvalue weighted by Crippen LogP contribution is -2.43. The van der Waals surface area contributed by atoms with E-state index in [1.807, 2.05) is 43.0 Å². The summed E-state index contributed by atoms with van der Waals surface area (Å²) in [6.45, 7) is 4.61. The van der Waals surface area contributed by atoms with Crippen molar-refractivity contribution in [2.75, 3.05) is 16.8 Å². The van der Waals surface area contributed by atoms with Crippen LogP contribution >= 0.6 is 12.2 Å². The van der Waals surface area contributed by atoms with Crippen LogP contribution in [0.2, 0.25) is 0 Å². The third-order valence-electron chi connectivity index (χ3n) is 4.46. The van der Waals surface area contributed by atoms with Crippen LogP contribution in [0.3, 0.4) is 0 Å². The van der Waals surface area contributed by atoms with Gasteiger partial charge in [0, 0.05) is 30.7 Å². The fourth-order valence-corrected chi connectivity index (χ4v) is 5.38. The molecule has 2 aromatic rings. The van der Waals surface area contributed by atoms with E-state index in [1.54, 1.807) is 12.4 Å². The maximum atomic E-state index is 12.0. The second kappa shape index (κ2) is 7.72. The Morgan fingerprint density at radius 2 is 2.04 bits per heavy atom. The molecule has 0 amide bonds. The lowest BCUT2D eigenvalue weighted by atomic mass is 10.1. The highest BCUT2D eigenvalue weighted by Crippen LogP contribution is 2.22. The molecule has 0 spiro atoms. The van der Waals surface area contributed by atoms with E-state index in [-0.39, 0.29) is 17.5 Å². The Kier molecular flexibility index (Phi) is 5.58. The Morgan fingerprint density at radius 1 is 1.31 bits per heavy atom. The molecule has 2 heterocycles. The SMILES string of the molecule is Cc1cc(C)cc(NC(=S)N(Cc2cccnc2)[C@H]2CCS(=O)(=O)C2)c1. The van der Waals surface area contributed by atoms with Gasteiger partial charge in [-0.1, -0.05) is 12.1 Å². The lowest BCUT2D eigenvalue weighted by molar-refractivity contribution is 0.332. The van der Waals surface area contributed by atoms with Crippen molar-refractivity contribution in [1.82, 2.24) is 9.88 Å². The highest BCUT2D eigenvalue weighted by molar-refractivity contribution is 7.91. The van der Waals surface area contributed by atoms with Gasteiger partial charge in [-0.3, -0.25) is 4.98 Å². The number of nitrogens with zero attached hydrogens (tertiary/aromatic N) is 2. The number of thiocarbonyl (C=S) groups is 1. The number of hydrogen-bond donors (Lipinski definition) is 1. The van der Waals surface area contributed by atoms with Gasteiger partial charge in [-0.15, -0.1) is 0 Å². The molecule has 1 fully saturated rings. The predicted molar refractivity (Wildman–Crippen MR) is 109 cm³/mol. The van der Waals surface area contributed by atoms with Crippen LogP contribution in [-0.2, 0) is 16.4 Å². The zero-order valence-corrected chi connectivity index (χ0v) is 16.6. The van der Waals surface area contributed by atoms with Crippen molar-refractivity contribution in [2.45, 2.75) is 32.9 Å². The number of hydrogen-bond acceptors (Lipinski definition) is 4. The number of benzene rings is 1. The van der Waals surface area contributed by atoms with E-state index in [0.717, 1.165) is 22.4 Å².